The summed E-state index contributed by atoms with van der Waals surface area (Å²) in [5.74, 6) is -0.649. The number of carbonyl (C=O) groups excluding carboxylic acids is 3. The Balaban J connectivity index is 1.98. The molecule has 0 unspecified atom stereocenters. The summed E-state index contributed by atoms with van der Waals surface area (Å²) in [6.07, 6.45) is 2.90. The molecule has 26 heavy (non-hydrogen) atoms. The fourth-order valence-corrected chi connectivity index (χ4v) is 2.82. The lowest BCUT2D eigenvalue weighted by molar-refractivity contribution is -0.124. The van der Waals surface area contributed by atoms with Crippen LogP contribution in [0.3, 0.4) is 0 Å². The number of methoxy groups -OCH3 is 1. The molecule has 0 spiro atoms. The van der Waals surface area contributed by atoms with Gasteiger partial charge in [0.15, 0.2) is 0 Å². The van der Waals surface area contributed by atoms with E-state index < -0.39 is 11.8 Å². The Kier molecular flexibility index (Phi) is 4.84. The summed E-state index contributed by atoms with van der Waals surface area (Å²) < 4.78 is 5.25. The number of benzene rings is 2. The van der Waals surface area contributed by atoms with Crippen molar-refractivity contribution in [3.05, 3.63) is 65.7 Å². The van der Waals surface area contributed by atoms with Crippen molar-refractivity contribution in [1.82, 2.24) is 4.90 Å². The van der Waals surface area contributed by atoms with Crippen LogP contribution >= 0.6 is 0 Å². The summed E-state index contributed by atoms with van der Waals surface area (Å²) in [5.41, 5.74) is 1.33. The minimum absolute atomic E-state index is 0.165. The van der Waals surface area contributed by atoms with Gasteiger partial charge in [-0.3, -0.25) is 14.4 Å². The fourth-order valence-electron chi connectivity index (χ4n) is 2.82. The van der Waals surface area contributed by atoms with Gasteiger partial charge in [0.1, 0.15) is 12.3 Å². The zero-order chi connectivity index (χ0) is 18.7. The third-order valence-electron chi connectivity index (χ3n) is 4.11. The number of fused-ring (bicyclic) bond motifs is 1. The molecule has 3 rings (SSSR count). The van der Waals surface area contributed by atoms with E-state index in [9.17, 15) is 14.4 Å². The van der Waals surface area contributed by atoms with Crippen LogP contribution in [-0.4, -0.2) is 43.3 Å². The second-order valence-electron chi connectivity index (χ2n) is 5.82. The smallest absolute Gasteiger partial charge is 0.257 e. The van der Waals surface area contributed by atoms with Crippen molar-refractivity contribution in [2.24, 2.45) is 0 Å². The van der Waals surface area contributed by atoms with Crippen LogP contribution < -0.4 is 9.64 Å². The lowest BCUT2D eigenvalue weighted by atomic mass is 10.1. The average molecular weight is 350 g/mol. The van der Waals surface area contributed by atoms with E-state index in [2.05, 4.69) is 0 Å². The third kappa shape index (κ3) is 3.21. The molecule has 0 saturated carbocycles. The van der Waals surface area contributed by atoms with Gasteiger partial charge in [0, 0.05) is 18.7 Å². The molecule has 0 atom stereocenters. The number of rotatable bonds is 3. The molecule has 2 aromatic rings. The number of hydrogen-bond acceptors (Lipinski definition) is 4. The highest BCUT2D eigenvalue weighted by atomic mass is 16.5. The molecule has 1 aliphatic rings. The maximum atomic E-state index is 12.8. The van der Waals surface area contributed by atoms with Crippen molar-refractivity contribution in [2.45, 2.75) is 0 Å². The Labute approximate surface area is 151 Å². The Morgan fingerprint density at radius 3 is 2.54 bits per heavy atom. The molecule has 2 aromatic carbocycles. The van der Waals surface area contributed by atoms with E-state index in [0.29, 0.717) is 22.6 Å². The van der Waals surface area contributed by atoms with Gasteiger partial charge in [-0.15, -0.1) is 0 Å². The average Bonchev–Trinajstić information content (AvgIpc) is 2.75. The first-order valence-corrected chi connectivity index (χ1v) is 8.05. The molecule has 0 saturated heterocycles. The van der Waals surface area contributed by atoms with Gasteiger partial charge in [-0.25, -0.2) is 4.90 Å². The zero-order valence-electron chi connectivity index (χ0n) is 14.5. The highest BCUT2D eigenvalue weighted by molar-refractivity contribution is 6.24. The van der Waals surface area contributed by atoms with Gasteiger partial charge in [0.25, 0.3) is 17.7 Å². The van der Waals surface area contributed by atoms with E-state index in [-0.39, 0.29) is 12.5 Å². The van der Waals surface area contributed by atoms with E-state index in [4.69, 9.17) is 4.74 Å². The molecular formula is C20H18N2O4. The molecule has 0 fully saturated rings. The second-order valence-corrected chi connectivity index (χ2v) is 5.82. The van der Waals surface area contributed by atoms with Gasteiger partial charge in [-0.05, 0) is 24.3 Å². The number of imide groups is 1. The van der Waals surface area contributed by atoms with Gasteiger partial charge in [0.2, 0.25) is 0 Å². The van der Waals surface area contributed by atoms with Crippen LogP contribution in [0, 0.1) is 0 Å². The van der Waals surface area contributed by atoms with Crippen molar-refractivity contribution in [3.63, 3.8) is 0 Å². The highest BCUT2D eigenvalue weighted by Gasteiger charge is 2.32. The minimum atomic E-state index is -0.517. The van der Waals surface area contributed by atoms with Crippen molar-refractivity contribution >= 4 is 29.5 Å². The number of amides is 3. The van der Waals surface area contributed by atoms with Gasteiger partial charge in [-0.2, -0.15) is 0 Å². The van der Waals surface area contributed by atoms with Gasteiger partial charge in [-0.1, -0.05) is 30.3 Å². The first-order chi connectivity index (χ1) is 12.5. The molecule has 6 nitrogen and oxygen atoms in total. The van der Waals surface area contributed by atoms with E-state index in [1.54, 1.807) is 49.6 Å². The predicted octanol–water partition coefficient (Wildman–Crippen LogP) is 2.35. The van der Waals surface area contributed by atoms with Gasteiger partial charge >= 0.3 is 0 Å². The van der Waals surface area contributed by atoms with Crippen molar-refractivity contribution in [1.29, 1.82) is 0 Å². The summed E-state index contributed by atoms with van der Waals surface area (Å²) in [4.78, 5) is 40.1. The molecule has 0 aliphatic carbocycles. The molecule has 0 radical (unpaired) electrons. The molecule has 6 heteroatoms. The first-order valence-electron chi connectivity index (χ1n) is 8.05. The van der Waals surface area contributed by atoms with Gasteiger partial charge in [0.05, 0.1) is 18.4 Å². The molecule has 0 aromatic heterocycles. The Hall–Kier alpha value is -3.41. The monoisotopic (exact) mass is 350 g/mol. The van der Waals surface area contributed by atoms with E-state index in [1.165, 1.54) is 18.0 Å². The summed E-state index contributed by atoms with van der Waals surface area (Å²) in [7, 11) is 3.08. The van der Waals surface area contributed by atoms with Crippen molar-refractivity contribution < 1.29 is 19.1 Å². The van der Waals surface area contributed by atoms with Crippen LogP contribution in [-0.2, 0) is 9.59 Å². The van der Waals surface area contributed by atoms with E-state index in [1.807, 2.05) is 12.1 Å². The van der Waals surface area contributed by atoms with E-state index >= 15 is 0 Å². The molecule has 132 valence electrons. The number of likely N-dealkylation sites (N-methyl/N-ethyl adjacent to an activating group) is 1. The molecule has 0 bridgehead atoms. The third-order valence-corrected chi connectivity index (χ3v) is 4.11. The zero-order valence-corrected chi connectivity index (χ0v) is 14.5. The number of nitrogens with zero attached hydrogens (tertiary/aromatic N) is 2. The number of ether oxygens (including phenoxy) is 1. The largest absolute Gasteiger partial charge is 0.496 e. The normalized spacial score (nSPS) is 14.4. The number of anilines is 1. The van der Waals surface area contributed by atoms with Crippen molar-refractivity contribution in [2.75, 3.05) is 25.6 Å². The predicted molar refractivity (Wildman–Crippen MR) is 97.9 cm³/mol. The van der Waals surface area contributed by atoms with Crippen molar-refractivity contribution in [3.8, 4) is 5.75 Å². The van der Waals surface area contributed by atoms with Crippen LogP contribution in [0.1, 0.15) is 15.9 Å². The van der Waals surface area contributed by atoms with Crippen LogP contribution in [0.15, 0.2) is 54.6 Å². The van der Waals surface area contributed by atoms with Crippen LogP contribution in [0.2, 0.25) is 0 Å². The SMILES string of the molecule is COc1ccccc1/C=C/C(=O)N1C(=O)CN(C)C(=O)c2ccccc21. The lowest BCUT2D eigenvalue weighted by Gasteiger charge is -2.18. The maximum absolute atomic E-state index is 12.8. The summed E-state index contributed by atoms with van der Waals surface area (Å²) in [6, 6.07) is 13.8. The van der Waals surface area contributed by atoms with Crippen LogP contribution in [0.4, 0.5) is 5.69 Å². The number of carbonyl (C=O) groups is 3. The van der Waals surface area contributed by atoms with Gasteiger partial charge < -0.3 is 9.64 Å². The van der Waals surface area contributed by atoms with Crippen LogP contribution in [0.25, 0.3) is 6.08 Å². The summed E-state index contributed by atoms with van der Waals surface area (Å²) in [6.45, 7) is -0.165. The summed E-state index contributed by atoms with van der Waals surface area (Å²) >= 11 is 0. The maximum Gasteiger partial charge on any atom is 0.257 e. The topological polar surface area (TPSA) is 66.9 Å². The second kappa shape index (κ2) is 7.23. The Morgan fingerprint density at radius 2 is 1.77 bits per heavy atom. The molecule has 3 amide bonds. The lowest BCUT2D eigenvalue weighted by Crippen LogP contribution is -2.40. The minimum Gasteiger partial charge on any atom is -0.496 e. The molecule has 0 N–H and O–H groups in total. The Morgan fingerprint density at radius 1 is 1.08 bits per heavy atom. The number of hydrogen-bond donors (Lipinski definition) is 0. The fraction of sp³-hybridized carbons (Fsp3) is 0.150. The van der Waals surface area contributed by atoms with Crippen LogP contribution in [0.5, 0.6) is 5.75 Å². The highest BCUT2D eigenvalue weighted by Crippen LogP contribution is 2.26. The van der Waals surface area contributed by atoms with E-state index in [0.717, 1.165) is 4.90 Å². The Bertz CT molecular complexity index is 904. The summed E-state index contributed by atoms with van der Waals surface area (Å²) in [5, 5.41) is 0. The molecule has 1 heterocycles. The quantitative estimate of drug-likeness (QED) is 0.797. The molecular weight excluding hydrogens is 332 g/mol. The first kappa shape index (κ1) is 17.4. The standard InChI is InChI=1S/C20H18N2O4/c1-21-13-19(24)22(16-9-5-4-8-15(16)20(21)25)18(23)12-11-14-7-3-6-10-17(14)26-2/h3-12H,13H2,1-2H3/b12-11+. The number of para-hydroxylation sites is 2. The molecule has 1 aliphatic heterocycles.